The molecule has 31 heavy (non-hydrogen) atoms. The summed E-state index contributed by atoms with van der Waals surface area (Å²) in [7, 11) is -0.455. The van der Waals surface area contributed by atoms with Crippen molar-refractivity contribution in [3.63, 3.8) is 0 Å². The number of pyridine rings is 1. The summed E-state index contributed by atoms with van der Waals surface area (Å²) in [6.07, 6.45) is 4.34. The van der Waals surface area contributed by atoms with E-state index in [1.54, 1.807) is 6.20 Å². The zero-order chi connectivity index (χ0) is 21.6. The van der Waals surface area contributed by atoms with Gasteiger partial charge in [-0.15, -0.1) is 0 Å². The largest absolute Gasteiger partial charge is 0.498 e. The molecule has 0 bridgehead atoms. The second kappa shape index (κ2) is 7.40. The molecule has 0 atom stereocenters. The van der Waals surface area contributed by atoms with E-state index in [1.165, 1.54) is 0 Å². The van der Waals surface area contributed by atoms with E-state index in [0.29, 0.717) is 6.61 Å². The van der Waals surface area contributed by atoms with Crippen LogP contribution in [0.25, 0.3) is 0 Å². The molecule has 2 aromatic carbocycles. The second-order valence-corrected chi connectivity index (χ2v) is 9.12. The monoisotopic (exact) mass is 415 g/mol. The highest BCUT2D eigenvalue weighted by molar-refractivity contribution is 6.63. The Bertz CT molecular complexity index is 1100. The molecule has 6 heteroatoms. The van der Waals surface area contributed by atoms with Crippen LogP contribution in [0, 0.1) is 0 Å². The average Bonchev–Trinajstić information content (AvgIpc) is 2.97. The highest BCUT2D eigenvalue weighted by Crippen LogP contribution is 2.41. The van der Waals surface area contributed by atoms with Crippen molar-refractivity contribution in [1.82, 2.24) is 4.98 Å². The van der Waals surface area contributed by atoms with Crippen LogP contribution in [0.5, 0.6) is 17.2 Å². The topological polar surface area (TPSA) is 49.8 Å². The average molecular weight is 415 g/mol. The number of benzene rings is 2. The zero-order valence-electron chi connectivity index (χ0n) is 18.3. The van der Waals surface area contributed by atoms with E-state index < -0.39 is 18.3 Å². The molecule has 0 spiro atoms. The molecule has 5 nitrogen and oxygen atoms in total. The molecule has 0 aliphatic carbocycles. The third kappa shape index (κ3) is 3.71. The van der Waals surface area contributed by atoms with Crippen LogP contribution in [0.2, 0.25) is 0 Å². The Kier molecular flexibility index (Phi) is 4.79. The number of ether oxygens (including phenoxy) is 2. The summed E-state index contributed by atoms with van der Waals surface area (Å²) in [5.41, 5.74) is 3.39. The summed E-state index contributed by atoms with van der Waals surface area (Å²) in [4.78, 5) is 4.13. The molecule has 1 fully saturated rings. The summed E-state index contributed by atoms with van der Waals surface area (Å²) >= 11 is 0. The summed E-state index contributed by atoms with van der Waals surface area (Å²) < 4.78 is 24.9. The fourth-order valence-corrected chi connectivity index (χ4v) is 3.87. The van der Waals surface area contributed by atoms with E-state index in [1.807, 2.05) is 42.6 Å². The highest BCUT2D eigenvalue weighted by Gasteiger charge is 2.52. The van der Waals surface area contributed by atoms with Gasteiger partial charge in [0, 0.05) is 35.4 Å². The molecule has 0 saturated carbocycles. The maximum absolute atomic E-state index is 6.35. The number of aromatic nitrogens is 1. The quantitative estimate of drug-likeness (QED) is 0.454. The van der Waals surface area contributed by atoms with Gasteiger partial charge in [0.15, 0.2) is 0 Å². The number of hydrogen-bond acceptors (Lipinski definition) is 5. The van der Waals surface area contributed by atoms with E-state index in [-0.39, 0.29) is 0 Å². The Hall–Kier alpha value is -2.83. The maximum Gasteiger partial charge on any atom is 0.498 e. The minimum atomic E-state index is -0.455. The minimum Gasteiger partial charge on any atom is -0.489 e. The predicted octanol–water partition coefficient (Wildman–Crippen LogP) is 4.66. The summed E-state index contributed by atoms with van der Waals surface area (Å²) in [6.45, 7) is 8.73. The highest BCUT2D eigenvalue weighted by atomic mass is 16.7. The van der Waals surface area contributed by atoms with Crippen LogP contribution in [0.4, 0.5) is 0 Å². The van der Waals surface area contributed by atoms with Gasteiger partial charge in [-0.3, -0.25) is 4.98 Å². The Morgan fingerprint density at radius 2 is 1.77 bits per heavy atom. The first kappa shape index (κ1) is 20.1. The van der Waals surface area contributed by atoms with Crippen LogP contribution in [0.15, 0.2) is 60.9 Å². The Balaban J connectivity index is 1.37. The van der Waals surface area contributed by atoms with Gasteiger partial charge in [0.1, 0.15) is 23.9 Å². The van der Waals surface area contributed by atoms with Gasteiger partial charge in [-0.25, -0.2) is 0 Å². The molecule has 158 valence electrons. The SMILES string of the molecule is CC1(C)OB(c2cccc3c2Oc2ccc(OCc4cccnc4)cc2C3)OC1(C)C. The molecule has 1 saturated heterocycles. The fraction of sp³-hybridized carbons (Fsp3) is 0.320. The molecule has 0 unspecified atom stereocenters. The standard InChI is InChI=1S/C25H26BNO4/c1-24(2)25(3,4)31-26(30-24)21-9-5-8-18-13-19-14-20(10-11-22(19)29-23(18)21)28-16-17-7-6-12-27-15-17/h5-12,14-15H,13,16H2,1-4H3. The number of nitrogens with zero attached hydrogens (tertiary/aromatic N) is 1. The Labute approximate surface area is 183 Å². The fourth-order valence-electron chi connectivity index (χ4n) is 3.87. The number of hydrogen-bond donors (Lipinski definition) is 0. The van der Waals surface area contributed by atoms with Gasteiger partial charge in [-0.05, 0) is 57.5 Å². The molecule has 3 aromatic rings. The van der Waals surface area contributed by atoms with Crippen molar-refractivity contribution < 1.29 is 18.8 Å². The third-order valence-corrected chi connectivity index (χ3v) is 6.39. The first-order valence-corrected chi connectivity index (χ1v) is 10.6. The van der Waals surface area contributed by atoms with Gasteiger partial charge in [0.25, 0.3) is 0 Å². The lowest BCUT2D eigenvalue weighted by Gasteiger charge is -2.32. The van der Waals surface area contributed by atoms with Crippen molar-refractivity contribution in [2.75, 3.05) is 0 Å². The Morgan fingerprint density at radius 1 is 0.968 bits per heavy atom. The summed E-state index contributed by atoms with van der Waals surface area (Å²) in [5.74, 6) is 2.49. The van der Waals surface area contributed by atoms with Gasteiger partial charge in [0.2, 0.25) is 0 Å². The number of rotatable bonds is 4. The lowest BCUT2D eigenvalue weighted by Crippen LogP contribution is -2.41. The van der Waals surface area contributed by atoms with Crippen LogP contribution < -0.4 is 14.9 Å². The van der Waals surface area contributed by atoms with Crippen molar-refractivity contribution in [2.24, 2.45) is 0 Å². The molecule has 2 aliphatic heterocycles. The van der Waals surface area contributed by atoms with Gasteiger partial charge in [-0.2, -0.15) is 0 Å². The molecular weight excluding hydrogens is 389 g/mol. The third-order valence-electron chi connectivity index (χ3n) is 6.39. The first-order chi connectivity index (χ1) is 14.8. The van der Waals surface area contributed by atoms with Crippen molar-refractivity contribution in [1.29, 1.82) is 0 Å². The minimum absolute atomic E-state index is 0.395. The smallest absolute Gasteiger partial charge is 0.489 e. The normalized spacial score (nSPS) is 18.1. The van der Waals surface area contributed by atoms with Crippen LogP contribution in [-0.4, -0.2) is 23.3 Å². The second-order valence-electron chi connectivity index (χ2n) is 9.12. The molecule has 0 N–H and O–H groups in total. The van der Waals surface area contributed by atoms with E-state index in [9.17, 15) is 0 Å². The van der Waals surface area contributed by atoms with Crippen LogP contribution in [0.1, 0.15) is 44.4 Å². The van der Waals surface area contributed by atoms with E-state index in [2.05, 4.69) is 44.8 Å². The predicted molar refractivity (Wildman–Crippen MR) is 120 cm³/mol. The molecule has 0 amide bonds. The van der Waals surface area contributed by atoms with E-state index >= 15 is 0 Å². The molecule has 2 aliphatic rings. The lowest BCUT2D eigenvalue weighted by atomic mass is 9.76. The molecular formula is C25H26BNO4. The van der Waals surface area contributed by atoms with Crippen LogP contribution in [-0.2, 0) is 22.3 Å². The van der Waals surface area contributed by atoms with Crippen molar-refractivity contribution in [3.8, 4) is 17.2 Å². The lowest BCUT2D eigenvalue weighted by molar-refractivity contribution is 0.00578. The van der Waals surface area contributed by atoms with Crippen LogP contribution in [0.3, 0.4) is 0 Å². The Morgan fingerprint density at radius 3 is 2.52 bits per heavy atom. The summed E-state index contributed by atoms with van der Waals surface area (Å²) in [5, 5.41) is 0. The van der Waals surface area contributed by atoms with Gasteiger partial charge in [0.05, 0.1) is 11.2 Å². The molecule has 1 aromatic heterocycles. The maximum atomic E-state index is 6.35. The molecule has 5 rings (SSSR count). The molecule has 3 heterocycles. The van der Waals surface area contributed by atoms with Crippen molar-refractivity contribution in [2.45, 2.75) is 51.9 Å². The first-order valence-electron chi connectivity index (χ1n) is 10.6. The zero-order valence-corrected chi connectivity index (χ0v) is 18.3. The number of para-hydroxylation sites is 1. The van der Waals surface area contributed by atoms with E-state index in [0.717, 1.165) is 45.8 Å². The van der Waals surface area contributed by atoms with E-state index in [4.69, 9.17) is 18.8 Å². The van der Waals surface area contributed by atoms with Crippen molar-refractivity contribution >= 4 is 12.6 Å². The summed E-state index contributed by atoms with van der Waals surface area (Å²) in [6, 6.07) is 16.0. The van der Waals surface area contributed by atoms with Gasteiger partial charge >= 0.3 is 7.12 Å². The van der Waals surface area contributed by atoms with Crippen molar-refractivity contribution in [3.05, 3.63) is 77.6 Å². The molecule has 0 radical (unpaired) electrons. The number of fused-ring (bicyclic) bond motifs is 2. The van der Waals surface area contributed by atoms with Crippen LogP contribution >= 0.6 is 0 Å². The van der Waals surface area contributed by atoms with Gasteiger partial charge < -0.3 is 18.8 Å². The van der Waals surface area contributed by atoms with Gasteiger partial charge in [-0.1, -0.05) is 24.3 Å².